The predicted octanol–water partition coefficient (Wildman–Crippen LogP) is 2.58. The maximum atomic E-state index is 10.7. The molecule has 0 saturated heterocycles. The van der Waals surface area contributed by atoms with Gasteiger partial charge in [0.05, 0.1) is 11.0 Å². The molecule has 0 bridgehead atoms. The van der Waals surface area contributed by atoms with Gasteiger partial charge in [-0.2, -0.15) is 0 Å². The number of carbonyl (C=O) groups is 2. The van der Waals surface area contributed by atoms with Crippen molar-refractivity contribution in [1.29, 1.82) is 0 Å². The van der Waals surface area contributed by atoms with Crippen molar-refractivity contribution in [2.24, 2.45) is 0 Å². The van der Waals surface area contributed by atoms with Gasteiger partial charge in [0.25, 0.3) is 0 Å². The summed E-state index contributed by atoms with van der Waals surface area (Å²) in [6.07, 6.45) is 1.02. The van der Waals surface area contributed by atoms with Crippen molar-refractivity contribution >= 4 is 29.0 Å². The molecule has 1 heterocycles. The zero-order valence-corrected chi connectivity index (χ0v) is 12.1. The van der Waals surface area contributed by atoms with Crippen LogP contribution in [0.5, 0.6) is 0 Å². The van der Waals surface area contributed by atoms with Crippen LogP contribution >= 0.6 is 0 Å². The Labute approximate surface area is 122 Å². The summed E-state index contributed by atoms with van der Waals surface area (Å²) in [6.45, 7) is 4.04. The van der Waals surface area contributed by atoms with Crippen LogP contribution in [0.4, 0.5) is 10.7 Å². The van der Waals surface area contributed by atoms with Gasteiger partial charge < -0.3 is 15.4 Å². The molecule has 1 aromatic heterocycles. The van der Waals surface area contributed by atoms with Gasteiger partial charge in [-0.1, -0.05) is 25.5 Å². The van der Waals surface area contributed by atoms with E-state index in [9.17, 15) is 9.59 Å². The fraction of sp³-hybridized carbons (Fsp3) is 0.357. The lowest BCUT2D eigenvalue weighted by Gasteiger charge is -1.94. The van der Waals surface area contributed by atoms with Crippen LogP contribution in [0.2, 0.25) is 0 Å². The Hall–Kier alpha value is -2.57. The highest BCUT2D eigenvalue weighted by Crippen LogP contribution is 2.12. The van der Waals surface area contributed by atoms with E-state index < -0.39 is 6.09 Å². The minimum Gasteiger partial charge on any atom is -0.465 e. The smallest absolute Gasteiger partial charge is 0.404 e. The third kappa shape index (κ3) is 6.42. The van der Waals surface area contributed by atoms with Crippen molar-refractivity contribution in [2.75, 3.05) is 11.9 Å². The maximum absolute atomic E-state index is 10.7. The summed E-state index contributed by atoms with van der Waals surface area (Å²) in [5, 5.41) is 12.9. The number of aromatic nitrogens is 2. The number of hydrogen-bond acceptors (Lipinski definition) is 3. The molecule has 7 heteroatoms. The molecule has 0 radical (unpaired) electrons. The van der Waals surface area contributed by atoms with E-state index >= 15 is 0 Å². The van der Waals surface area contributed by atoms with E-state index in [1.165, 1.54) is 6.92 Å². The first-order chi connectivity index (χ1) is 10.0. The topological polar surface area (TPSA) is 107 Å². The van der Waals surface area contributed by atoms with Gasteiger partial charge in [0.15, 0.2) is 0 Å². The van der Waals surface area contributed by atoms with Crippen molar-refractivity contribution in [2.45, 2.75) is 26.7 Å². The highest BCUT2D eigenvalue weighted by atomic mass is 16.4. The van der Waals surface area contributed by atoms with Gasteiger partial charge in [-0.3, -0.25) is 10.1 Å². The van der Waals surface area contributed by atoms with Crippen LogP contribution in [-0.4, -0.2) is 33.6 Å². The van der Waals surface area contributed by atoms with Crippen molar-refractivity contribution in [3.05, 3.63) is 24.3 Å². The van der Waals surface area contributed by atoms with Gasteiger partial charge in [-0.25, -0.2) is 9.78 Å². The molecule has 0 aliphatic rings. The van der Waals surface area contributed by atoms with Crippen molar-refractivity contribution in [3.8, 4) is 0 Å². The molecule has 7 nitrogen and oxygen atoms in total. The van der Waals surface area contributed by atoms with E-state index in [0.717, 1.165) is 23.9 Å². The van der Waals surface area contributed by atoms with Crippen molar-refractivity contribution in [1.82, 2.24) is 15.3 Å². The molecule has 0 spiro atoms. The molecule has 0 atom stereocenters. The fourth-order valence-corrected chi connectivity index (χ4v) is 1.55. The van der Waals surface area contributed by atoms with E-state index in [1.807, 2.05) is 31.2 Å². The third-order valence-electron chi connectivity index (χ3n) is 2.49. The lowest BCUT2D eigenvalue weighted by Crippen LogP contribution is -2.21. The van der Waals surface area contributed by atoms with Crippen LogP contribution in [0.15, 0.2) is 24.3 Å². The normalized spacial score (nSPS) is 9.62. The third-order valence-corrected chi connectivity index (χ3v) is 2.49. The number of H-pyrrole nitrogens is 1. The molecule has 2 aromatic rings. The number of unbranched alkanes of at least 4 members (excludes halogenated alkanes) is 1. The van der Waals surface area contributed by atoms with Crippen LogP contribution in [0, 0.1) is 0 Å². The summed E-state index contributed by atoms with van der Waals surface area (Å²) in [7, 11) is 0. The van der Waals surface area contributed by atoms with E-state index in [4.69, 9.17) is 5.11 Å². The fourth-order valence-electron chi connectivity index (χ4n) is 1.55. The first-order valence-electron chi connectivity index (χ1n) is 6.72. The van der Waals surface area contributed by atoms with Gasteiger partial charge in [0, 0.05) is 13.5 Å². The molecule has 2 amide bonds. The molecular formula is C14H20N4O3. The second-order valence-electron chi connectivity index (χ2n) is 4.37. The number of rotatable bonds is 4. The number of nitrogens with one attached hydrogen (secondary N) is 3. The van der Waals surface area contributed by atoms with Crippen molar-refractivity contribution < 1.29 is 14.7 Å². The first kappa shape index (κ1) is 16.5. The molecule has 0 fully saturated rings. The molecule has 1 aromatic carbocycles. The van der Waals surface area contributed by atoms with E-state index in [2.05, 4.69) is 20.6 Å². The van der Waals surface area contributed by atoms with Crippen LogP contribution in [0.3, 0.4) is 0 Å². The number of amides is 2. The van der Waals surface area contributed by atoms with E-state index in [-0.39, 0.29) is 5.91 Å². The lowest BCUT2D eigenvalue weighted by atomic mass is 10.3. The monoisotopic (exact) mass is 292 g/mol. The Morgan fingerprint density at radius 1 is 1.33 bits per heavy atom. The molecule has 0 saturated carbocycles. The van der Waals surface area contributed by atoms with Gasteiger partial charge >= 0.3 is 6.09 Å². The summed E-state index contributed by atoms with van der Waals surface area (Å²) in [6, 6.07) is 7.61. The SMILES string of the molecule is CC(=O)Nc1nc2ccccc2[nH]1.CCCCNC(=O)O. The highest BCUT2D eigenvalue weighted by molar-refractivity contribution is 5.89. The van der Waals surface area contributed by atoms with E-state index in [1.54, 1.807) is 0 Å². The van der Waals surface area contributed by atoms with E-state index in [0.29, 0.717) is 12.5 Å². The molecule has 4 N–H and O–H groups in total. The van der Waals surface area contributed by atoms with Crippen LogP contribution in [0.25, 0.3) is 11.0 Å². The van der Waals surface area contributed by atoms with Crippen LogP contribution in [0.1, 0.15) is 26.7 Å². The van der Waals surface area contributed by atoms with Gasteiger partial charge in [0.1, 0.15) is 0 Å². The lowest BCUT2D eigenvalue weighted by molar-refractivity contribution is -0.114. The number of fused-ring (bicyclic) bond motifs is 1. The zero-order valence-electron chi connectivity index (χ0n) is 12.1. The predicted molar refractivity (Wildman–Crippen MR) is 81.3 cm³/mol. The standard InChI is InChI=1S/C9H9N3O.C5H11NO2/c1-6(13)10-9-11-7-4-2-3-5-8(7)12-9;1-2-3-4-6-5(7)8/h2-5H,1H3,(H2,10,11,12,13);6H,2-4H2,1H3,(H,7,8). The minimum atomic E-state index is -0.932. The summed E-state index contributed by atoms with van der Waals surface area (Å²) in [5.74, 6) is 0.368. The summed E-state index contributed by atoms with van der Waals surface area (Å²) < 4.78 is 0. The molecule has 0 aliphatic carbocycles. The number of hydrogen-bond donors (Lipinski definition) is 4. The van der Waals surface area contributed by atoms with Crippen LogP contribution < -0.4 is 10.6 Å². The molecule has 2 rings (SSSR count). The average molecular weight is 292 g/mol. The Morgan fingerprint density at radius 3 is 2.62 bits per heavy atom. The Kier molecular flexibility index (Phi) is 6.73. The average Bonchev–Trinajstić information content (AvgIpc) is 2.80. The van der Waals surface area contributed by atoms with Gasteiger partial charge in [0.2, 0.25) is 11.9 Å². The Balaban J connectivity index is 0.000000240. The second kappa shape index (κ2) is 8.57. The first-order valence-corrected chi connectivity index (χ1v) is 6.72. The number of aromatic amines is 1. The minimum absolute atomic E-state index is 0.126. The van der Waals surface area contributed by atoms with Gasteiger partial charge in [-0.05, 0) is 18.6 Å². The summed E-state index contributed by atoms with van der Waals surface area (Å²) in [4.78, 5) is 27.6. The highest BCUT2D eigenvalue weighted by Gasteiger charge is 2.01. The van der Waals surface area contributed by atoms with Crippen molar-refractivity contribution in [3.63, 3.8) is 0 Å². The largest absolute Gasteiger partial charge is 0.465 e. The number of carboxylic acid groups (broad SMARTS) is 1. The molecule has 21 heavy (non-hydrogen) atoms. The quantitative estimate of drug-likeness (QED) is 0.649. The summed E-state index contributed by atoms with van der Waals surface area (Å²) >= 11 is 0. The number of carbonyl (C=O) groups excluding carboxylic acids is 1. The number of para-hydroxylation sites is 2. The maximum Gasteiger partial charge on any atom is 0.404 e. The molecule has 114 valence electrons. The Bertz CT molecular complexity index is 562. The van der Waals surface area contributed by atoms with Crippen LogP contribution in [-0.2, 0) is 4.79 Å². The molecule has 0 aliphatic heterocycles. The second-order valence-corrected chi connectivity index (χ2v) is 4.37. The number of nitrogens with zero attached hydrogens (tertiary/aromatic N) is 1. The molecule has 0 unspecified atom stereocenters. The zero-order chi connectivity index (χ0) is 15.7. The summed E-state index contributed by atoms with van der Waals surface area (Å²) in [5.41, 5.74) is 1.78. The number of imidazole rings is 1. The number of anilines is 1. The number of benzene rings is 1. The Morgan fingerprint density at radius 2 is 2.05 bits per heavy atom. The molecular weight excluding hydrogens is 272 g/mol. The van der Waals surface area contributed by atoms with Gasteiger partial charge in [-0.15, -0.1) is 0 Å².